The lowest BCUT2D eigenvalue weighted by Crippen LogP contribution is -2.48. The average molecular weight is 376 g/mol. The molecule has 1 heterocycles. The first-order valence-corrected chi connectivity index (χ1v) is 8.52. The van der Waals surface area contributed by atoms with Crippen LogP contribution in [0.15, 0.2) is 54.5 Å². The van der Waals surface area contributed by atoms with E-state index in [2.05, 4.69) is 10.3 Å². The second kappa shape index (κ2) is 8.10. The van der Waals surface area contributed by atoms with Gasteiger partial charge in [0.05, 0.1) is 27.5 Å². The number of hydrogen-bond donors (Lipinski definition) is 1. The number of nitrogens with one attached hydrogen (secondary N) is 1. The van der Waals surface area contributed by atoms with Gasteiger partial charge in [0.2, 0.25) is 5.88 Å². The fourth-order valence-electron chi connectivity index (χ4n) is 2.82. The average Bonchev–Trinajstić information content (AvgIpc) is 2.68. The molecule has 2 aromatic rings. The highest BCUT2D eigenvalue weighted by molar-refractivity contribution is 6.30. The lowest BCUT2D eigenvalue weighted by atomic mass is 10.2. The maximum atomic E-state index is 5.98. The summed E-state index contributed by atoms with van der Waals surface area (Å²) in [7, 11) is 4.88. The van der Waals surface area contributed by atoms with E-state index in [4.69, 9.17) is 25.8 Å². The minimum Gasteiger partial charge on any atom is -0.493 e. The molecule has 3 rings (SSSR count). The molecular formula is C19H22ClN3O3. The zero-order valence-electron chi connectivity index (χ0n) is 15.0. The summed E-state index contributed by atoms with van der Waals surface area (Å²) < 4.78 is 16.4. The lowest BCUT2D eigenvalue weighted by molar-refractivity contribution is 0.207. The number of methoxy groups -OCH3 is 3. The topological polar surface area (TPSA) is 46.2 Å². The molecule has 1 aliphatic rings. The van der Waals surface area contributed by atoms with Crippen molar-refractivity contribution in [3.8, 4) is 11.5 Å². The molecule has 0 saturated heterocycles. The fourth-order valence-corrected chi connectivity index (χ4v) is 2.95. The van der Waals surface area contributed by atoms with Crippen LogP contribution < -0.4 is 19.9 Å². The van der Waals surface area contributed by atoms with Crippen LogP contribution in [0.5, 0.6) is 11.5 Å². The molecule has 0 unspecified atom stereocenters. The number of hydrogen-bond acceptors (Lipinski definition) is 6. The number of nitrogens with zero attached hydrogens (tertiary/aromatic N) is 2. The summed E-state index contributed by atoms with van der Waals surface area (Å²) in [5, 5.41) is 2.68. The van der Waals surface area contributed by atoms with Crippen LogP contribution in [0.25, 0.3) is 0 Å². The zero-order valence-corrected chi connectivity index (χ0v) is 15.8. The molecular weight excluding hydrogens is 354 g/mol. The predicted molar refractivity (Wildman–Crippen MR) is 102 cm³/mol. The Morgan fingerprint density at radius 3 is 2.42 bits per heavy atom. The number of halogens is 1. The predicted octanol–water partition coefficient (Wildman–Crippen LogP) is 3.59. The number of benzene rings is 2. The van der Waals surface area contributed by atoms with Crippen LogP contribution in [0.2, 0.25) is 5.02 Å². The van der Waals surface area contributed by atoms with E-state index in [1.54, 1.807) is 21.3 Å². The van der Waals surface area contributed by atoms with Gasteiger partial charge in [0.25, 0.3) is 0 Å². The summed E-state index contributed by atoms with van der Waals surface area (Å²) in [6.07, 6.45) is 1.94. The molecule has 6 nitrogen and oxygen atoms in total. The van der Waals surface area contributed by atoms with Crippen molar-refractivity contribution in [2.24, 2.45) is 0 Å². The van der Waals surface area contributed by atoms with Gasteiger partial charge >= 0.3 is 0 Å². The molecule has 0 atom stereocenters. The van der Waals surface area contributed by atoms with E-state index >= 15 is 0 Å². The second-order valence-electron chi connectivity index (χ2n) is 5.76. The molecule has 1 N–H and O–H groups in total. The van der Waals surface area contributed by atoms with Gasteiger partial charge in [-0.2, -0.15) is 0 Å². The molecule has 0 radical (unpaired) electrons. The molecule has 0 amide bonds. The van der Waals surface area contributed by atoms with Gasteiger partial charge in [0.15, 0.2) is 11.5 Å². The summed E-state index contributed by atoms with van der Waals surface area (Å²) in [6, 6.07) is 13.6. The SMILES string of the molecule is COC1=CN(Cc2ccc(Cl)cc2)CN(c2cccc(OC)c2OC)N1. The quantitative estimate of drug-likeness (QED) is 0.832. The normalized spacial score (nSPS) is 13.8. The smallest absolute Gasteiger partial charge is 0.222 e. The number of ether oxygens (including phenoxy) is 3. The Bertz CT molecular complexity index is 780. The van der Waals surface area contributed by atoms with E-state index in [0.29, 0.717) is 30.6 Å². The van der Waals surface area contributed by atoms with Crippen molar-refractivity contribution in [2.45, 2.75) is 6.54 Å². The molecule has 0 saturated carbocycles. The van der Waals surface area contributed by atoms with Crippen LogP contribution in [-0.4, -0.2) is 32.9 Å². The Morgan fingerprint density at radius 2 is 1.77 bits per heavy atom. The standard InChI is InChI=1S/C19H22ClN3O3/c1-24-17-6-4-5-16(19(17)26-3)23-13-22(12-18(21-23)25-2)11-14-7-9-15(20)10-8-14/h4-10,12,21H,11,13H2,1-3H3. The molecule has 1 aliphatic heterocycles. The molecule has 0 aliphatic carbocycles. The molecule has 0 bridgehead atoms. The minimum absolute atomic E-state index is 0.596. The van der Waals surface area contributed by atoms with E-state index in [0.717, 1.165) is 16.3 Å². The van der Waals surface area contributed by atoms with Crippen molar-refractivity contribution >= 4 is 17.3 Å². The Labute approximate surface area is 158 Å². The van der Waals surface area contributed by atoms with Gasteiger partial charge in [0, 0.05) is 11.6 Å². The van der Waals surface area contributed by atoms with E-state index < -0.39 is 0 Å². The van der Waals surface area contributed by atoms with Crippen molar-refractivity contribution in [2.75, 3.05) is 33.0 Å². The first kappa shape index (κ1) is 18.1. The Morgan fingerprint density at radius 1 is 1.00 bits per heavy atom. The van der Waals surface area contributed by atoms with Gasteiger partial charge in [-0.3, -0.25) is 10.4 Å². The Kier molecular flexibility index (Phi) is 5.63. The van der Waals surface area contributed by atoms with Crippen molar-refractivity contribution in [1.29, 1.82) is 0 Å². The van der Waals surface area contributed by atoms with Crippen LogP contribution in [0.1, 0.15) is 5.56 Å². The molecule has 2 aromatic carbocycles. The van der Waals surface area contributed by atoms with Gasteiger partial charge in [-0.05, 0) is 29.8 Å². The highest BCUT2D eigenvalue weighted by atomic mass is 35.5. The van der Waals surface area contributed by atoms with E-state index in [1.807, 2.05) is 53.7 Å². The van der Waals surface area contributed by atoms with Crippen molar-refractivity contribution in [3.63, 3.8) is 0 Å². The van der Waals surface area contributed by atoms with Crippen molar-refractivity contribution in [1.82, 2.24) is 10.3 Å². The summed E-state index contributed by atoms with van der Waals surface area (Å²) >= 11 is 5.98. The largest absolute Gasteiger partial charge is 0.493 e. The zero-order chi connectivity index (χ0) is 18.5. The first-order valence-electron chi connectivity index (χ1n) is 8.14. The third-order valence-corrected chi connectivity index (χ3v) is 4.31. The van der Waals surface area contributed by atoms with E-state index in [-0.39, 0.29) is 0 Å². The van der Waals surface area contributed by atoms with Crippen LogP contribution in [0.3, 0.4) is 0 Å². The Balaban J connectivity index is 1.86. The molecule has 7 heteroatoms. The number of anilines is 1. The van der Waals surface area contributed by atoms with E-state index in [1.165, 1.54) is 0 Å². The highest BCUT2D eigenvalue weighted by Gasteiger charge is 2.22. The molecule has 26 heavy (non-hydrogen) atoms. The molecule has 0 fully saturated rings. The second-order valence-corrected chi connectivity index (χ2v) is 6.20. The van der Waals surface area contributed by atoms with Crippen molar-refractivity contribution < 1.29 is 14.2 Å². The van der Waals surface area contributed by atoms with Crippen LogP contribution in [0, 0.1) is 0 Å². The summed E-state index contributed by atoms with van der Waals surface area (Å²) in [5.74, 6) is 1.96. The maximum Gasteiger partial charge on any atom is 0.222 e. The van der Waals surface area contributed by atoms with Crippen molar-refractivity contribution in [3.05, 3.63) is 65.1 Å². The van der Waals surface area contributed by atoms with Gasteiger partial charge in [-0.25, -0.2) is 0 Å². The minimum atomic E-state index is 0.596. The maximum absolute atomic E-state index is 5.98. The van der Waals surface area contributed by atoms with Gasteiger partial charge in [0.1, 0.15) is 12.4 Å². The van der Waals surface area contributed by atoms with Crippen LogP contribution in [0.4, 0.5) is 5.69 Å². The number of para-hydroxylation sites is 1. The third kappa shape index (κ3) is 3.91. The Hall–Kier alpha value is -2.73. The lowest BCUT2D eigenvalue weighted by Gasteiger charge is -2.37. The number of rotatable bonds is 6. The monoisotopic (exact) mass is 375 g/mol. The summed E-state index contributed by atoms with van der Waals surface area (Å²) in [6.45, 7) is 1.31. The van der Waals surface area contributed by atoms with Gasteiger partial charge < -0.3 is 19.1 Å². The highest BCUT2D eigenvalue weighted by Crippen LogP contribution is 2.37. The molecule has 0 spiro atoms. The first-order chi connectivity index (χ1) is 12.6. The number of hydrazine groups is 1. The van der Waals surface area contributed by atoms with E-state index in [9.17, 15) is 0 Å². The molecule has 0 aromatic heterocycles. The third-order valence-electron chi connectivity index (χ3n) is 4.06. The van der Waals surface area contributed by atoms with Gasteiger partial charge in [-0.1, -0.05) is 29.8 Å². The molecule has 138 valence electrons. The summed E-state index contributed by atoms with van der Waals surface area (Å²) in [4.78, 5) is 2.14. The van der Waals surface area contributed by atoms with Crippen LogP contribution >= 0.6 is 11.6 Å². The van der Waals surface area contributed by atoms with Crippen LogP contribution in [-0.2, 0) is 11.3 Å². The van der Waals surface area contributed by atoms with Gasteiger partial charge in [-0.15, -0.1) is 0 Å². The summed E-state index contributed by atoms with van der Waals surface area (Å²) in [5.41, 5.74) is 5.25. The fraction of sp³-hybridized carbons (Fsp3) is 0.263.